The molecule has 1 aliphatic rings. The van der Waals surface area contributed by atoms with Crippen LogP contribution < -0.4 is 5.73 Å². The summed E-state index contributed by atoms with van der Waals surface area (Å²) in [6.45, 7) is 0. The second-order valence-electron chi connectivity index (χ2n) is 7.61. The third-order valence-corrected chi connectivity index (χ3v) is 5.74. The van der Waals surface area contributed by atoms with Gasteiger partial charge in [0.15, 0.2) is 17.3 Å². The molecule has 0 radical (unpaired) electrons. The molecule has 4 heterocycles. The molecule has 5 aromatic rings. The van der Waals surface area contributed by atoms with E-state index >= 15 is 0 Å². The van der Waals surface area contributed by atoms with Crippen molar-refractivity contribution in [3.8, 4) is 22.9 Å². The van der Waals surface area contributed by atoms with Gasteiger partial charge in [0.25, 0.3) is 0 Å². The van der Waals surface area contributed by atoms with Crippen molar-refractivity contribution >= 4 is 17.0 Å². The highest BCUT2D eigenvalue weighted by atomic mass is 16.3. The lowest BCUT2D eigenvalue weighted by atomic mass is 10.1. The predicted octanol–water partition coefficient (Wildman–Crippen LogP) is 3.23. The van der Waals surface area contributed by atoms with Gasteiger partial charge in [-0.05, 0) is 66.4 Å². The second kappa shape index (κ2) is 6.75. The summed E-state index contributed by atoms with van der Waals surface area (Å²) in [5.41, 5.74) is 11.4. The van der Waals surface area contributed by atoms with Crippen molar-refractivity contribution in [1.82, 2.24) is 29.3 Å². The van der Waals surface area contributed by atoms with E-state index in [0.717, 1.165) is 40.7 Å². The van der Waals surface area contributed by atoms with Crippen LogP contribution in [0.25, 0.3) is 34.1 Å². The van der Waals surface area contributed by atoms with E-state index in [9.17, 15) is 5.11 Å². The third kappa shape index (κ3) is 2.80. The Morgan fingerprint density at radius 2 is 1.97 bits per heavy atom. The maximum Gasteiger partial charge on any atom is 0.167 e. The van der Waals surface area contributed by atoms with Crippen LogP contribution in [0.3, 0.4) is 0 Å². The minimum Gasteiger partial charge on any atom is -0.388 e. The Morgan fingerprint density at radius 3 is 2.81 bits per heavy atom. The van der Waals surface area contributed by atoms with Crippen LogP contribution in [0.4, 0.5) is 5.82 Å². The number of rotatable bonds is 3. The van der Waals surface area contributed by atoms with Crippen LogP contribution in [0.1, 0.15) is 23.7 Å². The number of hydrogen-bond acceptors (Lipinski definition) is 6. The molecule has 8 nitrogen and oxygen atoms in total. The number of aryl methyl sites for hydroxylation is 1. The van der Waals surface area contributed by atoms with Gasteiger partial charge < -0.3 is 10.8 Å². The summed E-state index contributed by atoms with van der Waals surface area (Å²) in [6.07, 6.45) is 6.42. The molecule has 0 saturated carbocycles. The zero-order valence-corrected chi connectivity index (χ0v) is 16.6. The Morgan fingerprint density at radius 1 is 1.03 bits per heavy atom. The van der Waals surface area contributed by atoms with Crippen molar-refractivity contribution in [3.05, 3.63) is 78.2 Å². The number of nitrogen functional groups attached to an aromatic ring is 1. The van der Waals surface area contributed by atoms with Gasteiger partial charge in [-0.1, -0.05) is 6.07 Å². The number of anilines is 1. The normalized spacial score (nSPS) is 15.5. The molecule has 31 heavy (non-hydrogen) atoms. The quantitative estimate of drug-likeness (QED) is 0.474. The Labute approximate surface area is 177 Å². The maximum atomic E-state index is 10.2. The molecule has 0 bridgehead atoms. The van der Waals surface area contributed by atoms with E-state index in [1.54, 1.807) is 17.1 Å². The summed E-state index contributed by atoms with van der Waals surface area (Å²) in [4.78, 5) is 14.0. The highest BCUT2D eigenvalue weighted by Gasteiger charge is 2.23. The molecule has 6 rings (SSSR count). The lowest BCUT2D eigenvalue weighted by molar-refractivity contribution is 0.180. The van der Waals surface area contributed by atoms with E-state index in [0.29, 0.717) is 23.1 Å². The van der Waals surface area contributed by atoms with Crippen LogP contribution in [0, 0.1) is 0 Å². The van der Waals surface area contributed by atoms with Gasteiger partial charge in [-0.2, -0.15) is 5.10 Å². The van der Waals surface area contributed by atoms with Crippen LogP contribution in [0.5, 0.6) is 0 Å². The molecule has 1 aromatic carbocycles. The molecule has 4 aromatic heterocycles. The van der Waals surface area contributed by atoms with Crippen LogP contribution in [-0.2, 0) is 6.42 Å². The Hall–Kier alpha value is -4.04. The van der Waals surface area contributed by atoms with Crippen LogP contribution in [0.15, 0.2) is 67.1 Å². The molecule has 3 N–H and O–H groups in total. The minimum atomic E-state index is -0.401. The largest absolute Gasteiger partial charge is 0.388 e. The van der Waals surface area contributed by atoms with Gasteiger partial charge in [0, 0.05) is 24.3 Å². The molecule has 0 spiro atoms. The minimum absolute atomic E-state index is 0.401. The number of benzene rings is 1. The van der Waals surface area contributed by atoms with E-state index in [1.165, 1.54) is 0 Å². The van der Waals surface area contributed by atoms with Crippen molar-refractivity contribution in [2.45, 2.75) is 18.9 Å². The summed E-state index contributed by atoms with van der Waals surface area (Å²) < 4.78 is 3.72. The van der Waals surface area contributed by atoms with Gasteiger partial charge in [-0.15, -0.1) is 0 Å². The number of aliphatic hydroxyl groups excluding tert-OH is 1. The highest BCUT2D eigenvalue weighted by molar-refractivity contribution is 5.83. The van der Waals surface area contributed by atoms with Crippen molar-refractivity contribution in [2.75, 3.05) is 5.73 Å². The lowest BCUT2D eigenvalue weighted by Gasteiger charge is -2.12. The maximum absolute atomic E-state index is 10.2. The average molecular weight is 409 g/mol. The fourth-order valence-electron chi connectivity index (χ4n) is 4.23. The second-order valence-corrected chi connectivity index (χ2v) is 7.61. The molecular weight excluding hydrogens is 390 g/mol. The number of nitrogens with zero attached hydrogens (tertiary/aromatic N) is 6. The van der Waals surface area contributed by atoms with Crippen molar-refractivity contribution in [2.24, 2.45) is 0 Å². The van der Waals surface area contributed by atoms with E-state index in [-0.39, 0.29) is 0 Å². The first-order valence-electron chi connectivity index (χ1n) is 10.1. The molecule has 0 aliphatic heterocycles. The number of imidazole rings is 1. The summed E-state index contributed by atoms with van der Waals surface area (Å²) in [5.74, 6) is 1.77. The smallest absolute Gasteiger partial charge is 0.167 e. The van der Waals surface area contributed by atoms with Crippen LogP contribution in [0.2, 0.25) is 0 Å². The molecule has 152 valence electrons. The third-order valence-electron chi connectivity index (χ3n) is 5.74. The molecule has 1 unspecified atom stereocenters. The molecule has 1 atom stereocenters. The summed E-state index contributed by atoms with van der Waals surface area (Å²) in [6, 6.07) is 15.5. The van der Waals surface area contributed by atoms with E-state index in [4.69, 9.17) is 15.7 Å². The van der Waals surface area contributed by atoms with Crippen molar-refractivity contribution in [1.29, 1.82) is 0 Å². The van der Waals surface area contributed by atoms with Gasteiger partial charge in [0.05, 0.1) is 11.7 Å². The van der Waals surface area contributed by atoms with Crippen molar-refractivity contribution in [3.63, 3.8) is 0 Å². The van der Waals surface area contributed by atoms with Gasteiger partial charge in [-0.25, -0.2) is 19.6 Å². The van der Waals surface area contributed by atoms with Gasteiger partial charge in [0.1, 0.15) is 11.3 Å². The summed E-state index contributed by atoms with van der Waals surface area (Å²) >= 11 is 0. The number of aliphatic hydroxyl groups is 1. The molecule has 0 amide bonds. The zero-order valence-electron chi connectivity index (χ0n) is 16.6. The van der Waals surface area contributed by atoms with E-state index in [1.807, 2.05) is 53.2 Å². The monoisotopic (exact) mass is 409 g/mol. The Bertz CT molecular complexity index is 1420. The predicted molar refractivity (Wildman–Crippen MR) is 117 cm³/mol. The average Bonchev–Trinajstić information content (AvgIpc) is 3.52. The zero-order chi connectivity index (χ0) is 20.9. The molecular formula is C23H19N7O. The number of aromatic nitrogens is 6. The van der Waals surface area contributed by atoms with Crippen molar-refractivity contribution < 1.29 is 5.11 Å². The molecule has 0 fully saturated rings. The topological polar surface area (TPSA) is 108 Å². The number of fused-ring (bicyclic) bond motifs is 2. The highest BCUT2D eigenvalue weighted by Crippen LogP contribution is 2.35. The van der Waals surface area contributed by atoms with Crippen LogP contribution >= 0.6 is 0 Å². The molecule has 8 heteroatoms. The first-order chi connectivity index (χ1) is 15.2. The van der Waals surface area contributed by atoms with Gasteiger partial charge in [0.2, 0.25) is 0 Å². The van der Waals surface area contributed by atoms with Gasteiger partial charge in [-0.3, -0.25) is 4.57 Å². The van der Waals surface area contributed by atoms with E-state index < -0.39 is 6.10 Å². The Kier molecular flexibility index (Phi) is 3.87. The number of pyridine rings is 2. The fourth-order valence-corrected chi connectivity index (χ4v) is 4.23. The SMILES string of the molecule is Nc1ncccc1-c1nc2ccc(-n3cccn3)nc2n1-c1ccc2c(c1)CCC2O. The fraction of sp³-hybridized carbons (Fsp3) is 0.130. The lowest BCUT2D eigenvalue weighted by Crippen LogP contribution is -2.04. The number of hydrogen-bond donors (Lipinski definition) is 2. The Balaban J connectivity index is 1.64. The van der Waals surface area contributed by atoms with E-state index in [2.05, 4.69) is 16.1 Å². The number of nitrogens with two attached hydrogens (primary N) is 1. The standard InChI is InChI=1S/C23H19N7O/c24-21-17(3-1-10-25-21)22-27-18-7-9-20(29-12-2-11-26-29)28-23(18)30(22)15-5-6-16-14(13-15)4-8-19(16)31/h1-3,5-7,9-13,19,31H,4,8H2,(H2,24,25). The van der Waals surface area contributed by atoms with Crippen LogP contribution in [-0.4, -0.2) is 34.4 Å². The molecule has 1 aliphatic carbocycles. The summed E-state index contributed by atoms with van der Waals surface area (Å²) in [7, 11) is 0. The molecule has 0 saturated heterocycles. The van der Waals surface area contributed by atoms with Gasteiger partial charge >= 0.3 is 0 Å². The summed E-state index contributed by atoms with van der Waals surface area (Å²) in [5, 5.41) is 14.5. The first kappa shape index (κ1) is 17.8. The first-order valence-corrected chi connectivity index (χ1v) is 10.1.